The molecule has 0 N–H and O–H groups in total. The molecule has 0 bridgehead atoms. The van der Waals surface area contributed by atoms with E-state index in [-0.39, 0.29) is 0 Å². The molecule has 0 aliphatic carbocycles. The molecule has 0 radical (unpaired) electrons. The molecule has 1 aliphatic heterocycles. The topological polar surface area (TPSA) is 36.7 Å². The summed E-state index contributed by atoms with van der Waals surface area (Å²) in [6, 6.07) is 7.69. The zero-order valence-electron chi connectivity index (χ0n) is 10.4. The number of hydrogen-bond donors (Lipinski definition) is 0. The van der Waals surface area contributed by atoms with Crippen LogP contribution >= 0.6 is 0 Å². The van der Waals surface area contributed by atoms with Crippen molar-refractivity contribution in [3.63, 3.8) is 0 Å². The Labute approximate surface area is 106 Å². The molecule has 1 aliphatic rings. The molecule has 0 amide bonds. The van der Waals surface area contributed by atoms with Gasteiger partial charge in [0.25, 0.3) is 0 Å². The van der Waals surface area contributed by atoms with Crippen LogP contribution in [-0.2, 0) is 0 Å². The number of nitrogens with zero attached hydrogens (tertiary/aromatic N) is 2. The van der Waals surface area contributed by atoms with E-state index in [0.29, 0.717) is 5.56 Å². The summed E-state index contributed by atoms with van der Waals surface area (Å²) < 4.78 is 5.84. The van der Waals surface area contributed by atoms with Gasteiger partial charge in [-0.3, -0.25) is 4.79 Å². The van der Waals surface area contributed by atoms with Crippen molar-refractivity contribution in [2.24, 2.45) is 0 Å². The van der Waals surface area contributed by atoms with E-state index in [0.717, 1.165) is 49.3 Å². The molecule has 2 heterocycles. The Morgan fingerprint density at radius 2 is 1.89 bits per heavy atom. The van der Waals surface area contributed by atoms with Gasteiger partial charge < -0.3 is 14.2 Å². The average Bonchev–Trinajstić information content (AvgIpc) is 2.78. The van der Waals surface area contributed by atoms with Crippen molar-refractivity contribution in [2.75, 3.05) is 38.1 Å². The number of likely N-dealkylation sites (N-methyl/N-ethyl adjacent to an activating group) is 1. The van der Waals surface area contributed by atoms with Crippen LogP contribution in [0.5, 0.6) is 0 Å². The molecule has 94 valence electrons. The minimum absolute atomic E-state index is 0.676. The first kappa shape index (κ1) is 11.3. The maximum atomic E-state index is 11.3. The van der Waals surface area contributed by atoms with Crippen LogP contribution < -0.4 is 4.90 Å². The number of carbonyl (C=O) groups excluding carboxylic acids is 1. The lowest BCUT2D eigenvalue weighted by Gasteiger charge is -2.32. The zero-order chi connectivity index (χ0) is 12.5. The monoisotopic (exact) mass is 244 g/mol. The second-order valence-electron chi connectivity index (χ2n) is 4.73. The first-order valence-electron chi connectivity index (χ1n) is 6.20. The van der Waals surface area contributed by atoms with Gasteiger partial charge in [0, 0.05) is 31.6 Å². The molecule has 1 fully saturated rings. The molecule has 0 saturated carbocycles. The van der Waals surface area contributed by atoms with Crippen molar-refractivity contribution in [2.45, 2.75) is 0 Å². The third-order valence-electron chi connectivity index (χ3n) is 3.52. The minimum atomic E-state index is 0.676. The van der Waals surface area contributed by atoms with Crippen LogP contribution in [0, 0.1) is 0 Å². The van der Waals surface area contributed by atoms with Crippen LogP contribution in [0.2, 0.25) is 0 Å². The Hall–Kier alpha value is -1.81. The number of fused-ring (bicyclic) bond motifs is 1. The number of benzene rings is 1. The van der Waals surface area contributed by atoms with E-state index >= 15 is 0 Å². The van der Waals surface area contributed by atoms with Gasteiger partial charge in [0.1, 0.15) is 5.58 Å². The maximum Gasteiger partial charge on any atom is 0.207 e. The molecular weight excluding hydrogens is 228 g/mol. The molecule has 1 aromatic carbocycles. The summed E-state index contributed by atoms with van der Waals surface area (Å²) >= 11 is 0. The molecule has 0 atom stereocenters. The standard InChI is InChI=1S/C14H16N2O2/c1-15-6-8-16(9-7-15)14-12(10-17)11-4-2-3-5-13(11)18-14/h2-5,10H,6-9H2,1H3. The van der Waals surface area contributed by atoms with E-state index in [4.69, 9.17) is 4.42 Å². The molecule has 3 rings (SSSR count). The Balaban J connectivity index is 2.03. The Morgan fingerprint density at radius 1 is 1.17 bits per heavy atom. The molecule has 4 heteroatoms. The van der Waals surface area contributed by atoms with Crippen LogP contribution in [0.4, 0.5) is 5.88 Å². The lowest BCUT2D eigenvalue weighted by molar-refractivity contribution is 0.112. The summed E-state index contributed by atoms with van der Waals surface area (Å²) in [6.07, 6.45) is 0.902. The third kappa shape index (κ3) is 1.78. The summed E-state index contributed by atoms with van der Waals surface area (Å²) in [5, 5.41) is 0.904. The Bertz CT molecular complexity index is 568. The molecule has 0 unspecified atom stereocenters. The van der Waals surface area contributed by atoms with E-state index in [1.54, 1.807) is 0 Å². The van der Waals surface area contributed by atoms with Crippen LogP contribution in [0.1, 0.15) is 10.4 Å². The van der Waals surface area contributed by atoms with Gasteiger partial charge in [-0.2, -0.15) is 0 Å². The number of anilines is 1. The van der Waals surface area contributed by atoms with Gasteiger partial charge in [0.15, 0.2) is 6.29 Å². The fraction of sp³-hybridized carbons (Fsp3) is 0.357. The van der Waals surface area contributed by atoms with Gasteiger partial charge in [-0.15, -0.1) is 0 Å². The Kier molecular flexibility index (Phi) is 2.80. The van der Waals surface area contributed by atoms with Crippen LogP contribution in [0.15, 0.2) is 28.7 Å². The molecule has 18 heavy (non-hydrogen) atoms. The molecule has 4 nitrogen and oxygen atoms in total. The van der Waals surface area contributed by atoms with Crippen LogP contribution in [0.25, 0.3) is 11.0 Å². The summed E-state index contributed by atoms with van der Waals surface area (Å²) in [5.74, 6) is 0.722. The molecule has 1 aromatic heterocycles. The normalized spacial score (nSPS) is 17.3. The summed E-state index contributed by atoms with van der Waals surface area (Å²) in [4.78, 5) is 15.7. The van der Waals surface area contributed by atoms with Crippen molar-refractivity contribution < 1.29 is 9.21 Å². The predicted molar refractivity (Wildman–Crippen MR) is 71.3 cm³/mol. The highest BCUT2D eigenvalue weighted by molar-refractivity contribution is 6.01. The lowest BCUT2D eigenvalue weighted by atomic mass is 10.1. The van der Waals surface area contributed by atoms with Gasteiger partial charge in [-0.1, -0.05) is 18.2 Å². The van der Waals surface area contributed by atoms with Gasteiger partial charge >= 0.3 is 0 Å². The van der Waals surface area contributed by atoms with E-state index in [1.807, 2.05) is 24.3 Å². The minimum Gasteiger partial charge on any atom is -0.440 e. The first-order chi connectivity index (χ1) is 8.79. The van der Waals surface area contributed by atoms with E-state index in [1.165, 1.54) is 0 Å². The van der Waals surface area contributed by atoms with Crippen LogP contribution in [0.3, 0.4) is 0 Å². The average molecular weight is 244 g/mol. The van der Waals surface area contributed by atoms with E-state index in [9.17, 15) is 4.79 Å². The first-order valence-corrected chi connectivity index (χ1v) is 6.20. The third-order valence-corrected chi connectivity index (χ3v) is 3.52. The molecule has 2 aromatic rings. The molecule has 0 spiro atoms. The smallest absolute Gasteiger partial charge is 0.207 e. The van der Waals surface area contributed by atoms with Crippen molar-refractivity contribution in [1.82, 2.24) is 4.90 Å². The SMILES string of the molecule is CN1CCN(c2oc3ccccc3c2C=O)CC1. The summed E-state index contributed by atoms with van der Waals surface area (Å²) in [5.41, 5.74) is 1.46. The number of para-hydroxylation sites is 1. The summed E-state index contributed by atoms with van der Waals surface area (Å²) in [7, 11) is 2.11. The largest absolute Gasteiger partial charge is 0.440 e. The second-order valence-corrected chi connectivity index (χ2v) is 4.73. The number of aldehydes is 1. The molecule has 1 saturated heterocycles. The number of carbonyl (C=O) groups is 1. The Morgan fingerprint density at radius 3 is 2.61 bits per heavy atom. The van der Waals surface area contributed by atoms with Crippen molar-refractivity contribution in [3.05, 3.63) is 29.8 Å². The van der Waals surface area contributed by atoms with Gasteiger partial charge in [0.2, 0.25) is 5.88 Å². The number of furan rings is 1. The fourth-order valence-corrected chi connectivity index (χ4v) is 2.41. The van der Waals surface area contributed by atoms with Gasteiger partial charge in [-0.25, -0.2) is 0 Å². The van der Waals surface area contributed by atoms with Crippen molar-refractivity contribution in [1.29, 1.82) is 0 Å². The number of piperazine rings is 1. The van der Waals surface area contributed by atoms with Crippen molar-refractivity contribution in [3.8, 4) is 0 Å². The highest BCUT2D eigenvalue weighted by Gasteiger charge is 2.22. The van der Waals surface area contributed by atoms with E-state index in [2.05, 4.69) is 16.8 Å². The fourth-order valence-electron chi connectivity index (χ4n) is 2.41. The number of rotatable bonds is 2. The molecular formula is C14H16N2O2. The van der Waals surface area contributed by atoms with Crippen molar-refractivity contribution >= 4 is 23.1 Å². The second kappa shape index (κ2) is 4.46. The van der Waals surface area contributed by atoms with Gasteiger partial charge in [0.05, 0.1) is 5.56 Å². The maximum absolute atomic E-state index is 11.3. The zero-order valence-corrected chi connectivity index (χ0v) is 10.4. The van der Waals surface area contributed by atoms with Crippen LogP contribution in [-0.4, -0.2) is 44.4 Å². The van der Waals surface area contributed by atoms with E-state index < -0.39 is 0 Å². The lowest BCUT2D eigenvalue weighted by Crippen LogP contribution is -2.44. The predicted octanol–water partition coefficient (Wildman–Crippen LogP) is 2.00. The summed E-state index contributed by atoms with van der Waals surface area (Å²) in [6.45, 7) is 3.79. The van der Waals surface area contributed by atoms with Gasteiger partial charge in [-0.05, 0) is 13.1 Å². The highest BCUT2D eigenvalue weighted by atomic mass is 16.4. The quantitative estimate of drug-likeness (QED) is 0.757. The highest BCUT2D eigenvalue weighted by Crippen LogP contribution is 2.31. The number of hydrogen-bond acceptors (Lipinski definition) is 4.